The summed E-state index contributed by atoms with van der Waals surface area (Å²) in [7, 11) is 1.75. The first-order chi connectivity index (χ1) is 8.95. The molecule has 2 rings (SSSR count). The van der Waals surface area contributed by atoms with E-state index in [1.807, 2.05) is 6.92 Å². The van der Waals surface area contributed by atoms with Crippen LogP contribution in [0, 0.1) is 0 Å². The zero-order valence-electron chi connectivity index (χ0n) is 11.0. The number of hydrogen-bond acceptors (Lipinski definition) is 4. The molecule has 2 heterocycles. The first kappa shape index (κ1) is 14.0. The van der Waals surface area contributed by atoms with Crippen LogP contribution in [0.5, 0.6) is 0 Å². The lowest BCUT2D eigenvalue weighted by Crippen LogP contribution is -2.50. The average Bonchev–Trinajstić information content (AvgIpc) is 2.65. The first-order valence-corrected chi connectivity index (χ1v) is 6.63. The van der Waals surface area contributed by atoms with Gasteiger partial charge in [0.15, 0.2) is 0 Å². The molecule has 0 aliphatic carbocycles. The summed E-state index contributed by atoms with van der Waals surface area (Å²) >= 11 is 6.22. The van der Waals surface area contributed by atoms with Crippen molar-refractivity contribution >= 4 is 23.4 Å². The third-order valence-electron chi connectivity index (χ3n) is 3.36. The molecule has 6 nitrogen and oxygen atoms in total. The Kier molecular flexibility index (Phi) is 3.91. The molecule has 7 heteroatoms. The number of piperidine rings is 1. The molecule has 1 aromatic rings. The minimum atomic E-state index is -0.602. The molecule has 19 heavy (non-hydrogen) atoms. The summed E-state index contributed by atoms with van der Waals surface area (Å²) in [6, 6.07) is -0.602. The number of aryl methyl sites for hydroxylation is 2. The molecule has 0 bridgehead atoms. The second-order valence-electron chi connectivity index (χ2n) is 4.65. The van der Waals surface area contributed by atoms with Crippen molar-refractivity contribution in [3.63, 3.8) is 0 Å². The minimum Gasteiger partial charge on any atom is -0.320 e. The van der Waals surface area contributed by atoms with Gasteiger partial charge < -0.3 is 5.73 Å². The number of carbonyl (C=O) groups is 2. The Bertz CT molecular complexity index is 526. The lowest BCUT2D eigenvalue weighted by molar-refractivity contribution is -0.150. The summed E-state index contributed by atoms with van der Waals surface area (Å²) in [5.41, 5.74) is 7.12. The summed E-state index contributed by atoms with van der Waals surface area (Å²) < 4.78 is 1.61. The molecule has 1 saturated heterocycles. The van der Waals surface area contributed by atoms with Crippen molar-refractivity contribution in [3.8, 4) is 0 Å². The van der Waals surface area contributed by atoms with Crippen LogP contribution < -0.4 is 5.73 Å². The Morgan fingerprint density at radius 2 is 2.16 bits per heavy atom. The number of amides is 2. The highest BCUT2D eigenvalue weighted by molar-refractivity contribution is 6.32. The van der Waals surface area contributed by atoms with Gasteiger partial charge in [0.2, 0.25) is 11.8 Å². The van der Waals surface area contributed by atoms with Crippen molar-refractivity contribution in [1.29, 1.82) is 0 Å². The fourth-order valence-corrected chi connectivity index (χ4v) is 2.52. The minimum absolute atomic E-state index is 0.133. The van der Waals surface area contributed by atoms with Crippen LogP contribution in [0.3, 0.4) is 0 Å². The average molecular weight is 285 g/mol. The van der Waals surface area contributed by atoms with Crippen molar-refractivity contribution in [3.05, 3.63) is 16.4 Å². The number of hydrogen-bond donors (Lipinski definition) is 1. The van der Waals surface area contributed by atoms with Gasteiger partial charge in [-0.15, -0.1) is 0 Å². The molecule has 2 N–H and O–H groups in total. The zero-order valence-corrected chi connectivity index (χ0v) is 11.8. The number of likely N-dealkylation sites (tertiary alicyclic amines) is 1. The van der Waals surface area contributed by atoms with E-state index in [1.165, 1.54) is 4.90 Å². The maximum Gasteiger partial charge on any atom is 0.246 e. The summed E-state index contributed by atoms with van der Waals surface area (Å²) in [5, 5.41) is 4.79. The third kappa shape index (κ3) is 2.50. The van der Waals surface area contributed by atoms with Crippen LogP contribution in [0.15, 0.2) is 0 Å². The number of rotatable bonds is 3. The fourth-order valence-electron chi connectivity index (χ4n) is 2.17. The van der Waals surface area contributed by atoms with Gasteiger partial charge >= 0.3 is 0 Å². The standard InChI is InChI=1S/C12H17ClN4O2/c1-3-8-11(13)9(16(2)15-8)6-17-10(18)5-4-7(14)12(17)19/h7H,3-6,14H2,1-2H3. The largest absolute Gasteiger partial charge is 0.320 e. The number of nitrogens with zero attached hydrogens (tertiary/aromatic N) is 3. The van der Waals surface area contributed by atoms with Gasteiger partial charge in [0.25, 0.3) is 0 Å². The van der Waals surface area contributed by atoms with Gasteiger partial charge in [-0.05, 0) is 12.8 Å². The molecule has 0 aromatic carbocycles. The first-order valence-electron chi connectivity index (χ1n) is 6.25. The SMILES string of the molecule is CCc1nn(C)c(CN2C(=O)CCC(N)C2=O)c1Cl. The topological polar surface area (TPSA) is 81.2 Å². The Balaban J connectivity index is 2.27. The summed E-state index contributed by atoms with van der Waals surface area (Å²) in [6.45, 7) is 2.08. The highest BCUT2D eigenvalue weighted by Gasteiger charge is 2.33. The lowest BCUT2D eigenvalue weighted by Gasteiger charge is -2.28. The van der Waals surface area contributed by atoms with Crippen LogP contribution >= 0.6 is 11.6 Å². The van der Waals surface area contributed by atoms with Crippen molar-refractivity contribution in [2.75, 3.05) is 0 Å². The van der Waals surface area contributed by atoms with Crippen molar-refractivity contribution in [1.82, 2.24) is 14.7 Å². The maximum atomic E-state index is 11.9. The Morgan fingerprint density at radius 1 is 1.47 bits per heavy atom. The van der Waals surface area contributed by atoms with Gasteiger partial charge in [0.05, 0.1) is 29.0 Å². The van der Waals surface area contributed by atoms with Crippen molar-refractivity contribution in [2.45, 2.75) is 38.8 Å². The summed E-state index contributed by atoms with van der Waals surface area (Å²) in [6.07, 6.45) is 1.41. The highest BCUT2D eigenvalue weighted by Crippen LogP contribution is 2.24. The fraction of sp³-hybridized carbons (Fsp3) is 0.583. The maximum absolute atomic E-state index is 11.9. The third-order valence-corrected chi connectivity index (χ3v) is 3.80. The van der Waals surface area contributed by atoms with E-state index < -0.39 is 6.04 Å². The Hall–Kier alpha value is -1.40. The molecule has 2 amide bonds. The molecular formula is C12H17ClN4O2. The van der Waals surface area contributed by atoms with Crippen LogP contribution in [0.1, 0.15) is 31.2 Å². The van der Waals surface area contributed by atoms with Gasteiger partial charge in [-0.1, -0.05) is 18.5 Å². The van der Waals surface area contributed by atoms with Gasteiger partial charge in [-0.2, -0.15) is 5.10 Å². The van der Waals surface area contributed by atoms with E-state index in [1.54, 1.807) is 11.7 Å². The quantitative estimate of drug-likeness (QED) is 0.825. The van der Waals surface area contributed by atoms with E-state index in [0.717, 1.165) is 5.69 Å². The van der Waals surface area contributed by atoms with E-state index in [-0.39, 0.29) is 18.4 Å². The Labute approximate surface area is 116 Å². The molecule has 1 aliphatic heterocycles. The van der Waals surface area contributed by atoms with E-state index in [0.29, 0.717) is 30.0 Å². The van der Waals surface area contributed by atoms with Gasteiger partial charge in [-0.3, -0.25) is 19.2 Å². The van der Waals surface area contributed by atoms with Crippen molar-refractivity contribution < 1.29 is 9.59 Å². The molecule has 1 atom stereocenters. The number of nitrogens with two attached hydrogens (primary N) is 1. The second kappa shape index (κ2) is 5.30. The molecular weight excluding hydrogens is 268 g/mol. The van der Waals surface area contributed by atoms with Crippen LogP contribution in [-0.4, -0.2) is 32.5 Å². The van der Waals surface area contributed by atoms with E-state index >= 15 is 0 Å². The Morgan fingerprint density at radius 3 is 2.74 bits per heavy atom. The molecule has 1 unspecified atom stereocenters. The van der Waals surface area contributed by atoms with E-state index in [9.17, 15) is 9.59 Å². The van der Waals surface area contributed by atoms with Gasteiger partial charge in [0, 0.05) is 13.5 Å². The number of halogens is 1. The monoisotopic (exact) mass is 284 g/mol. The smallest absolute Gasteiger partial charge is 0.246 e. The van der Waals surface area contributed by atoms with Gasteiger partial charge in [-0.25, -0.2) is 0 Å². The lowest BCUT2D eigenvalue weighted by atomic mass is 10.0. The summed E-state index contributed by atoms with van der Waals surface area (Å²) in [5.74, 6) is -0.548. The number of carbonyl (C=O) groups excluding carboxylic acids is 2. The number of aromatic nitrogens is 2. The van der Waals surface area contributed by atoms with Gasteiger partial charge in [0.1, 0.15) is 0 Å². The van der Waals surface area contributed by atoms with Crippen LogP contribution in [0.4, 0.5) is 0 Å². The number of imide groups is 1. The van der Waals surface area contributed by atoms with E-state index in [4.69, 9.17) is 17.3 Å². The zero-order chi connectivity index (χ0) is 14.2. The van der Waals surface area contributed by atoms with Crippen LogP contribution in [0.25, 0.3) is 0 Å². The second-order valence-corrected chi connectivity index (χ2v) is 5.03. The molecule has 0 saturated carbocycles. The molecule has 1 aliphatic rings. The van der Waals surface area contributed by atoms with E-state index in [2.05, 4.69) is 5.10 Å². The molecule has 0 radical (unpaired) electrons. The highest BCUT2D eigenvalue weighted by atomic mass is 35.5. The molecule has 104 valence electrons. The van der Waals surface area contributed by atoms with Crippen LogP contribution in [0.2, 0.25) is 5.02 Å². The predicted molar refractivity (Wildman–Crippen MR) is 70.4 cm³/mol. The van der Waals surface area contributed by atoms with Crippen LogP contribution in [-0.2, 0) is 29.6 Å². The normalized spacial score (nSPS) is 20.2. The predicted octanol–water partition coefficient (Wildman–Crippen LogP) is 0.612. The molecule has 0 spiro atoms. The summed E-state index contributed by atoms with van der Waals surface area (Å²) in [4.78, 5) is 25.0. The molecule has 1 aromatic heterocycles. The molecule has 1 fully saturated rings. The van der Waals surface area contributed by atoms with Crippen molar-refractivity contribution in [2.24, 2.45) is 12.8 Å².